The van der Waals surface area contributed by atoms with Crippen molar-refractivity contribution in [1.29, 1.82) is 0 Å². The molecule has 0 atom stereocenters. The van der Waals surface area contributed by atoms with Crippen molar-refractivity contribution in [3.63, 3.8) is 0 Å². The molecule has 2 saturated heterocycles. The minimum atomic E-state index is -4.18. The van der Waals surface area contributed by atoms with Crippen molar-refractivity contribution >= 4 is 27.9 Å². The van der Waals surface area contributed by atoms with Crippen LogP contribution < -0.4 is 0 Å². The molecule has 2 heterocycles. The van der Waals surface area contributed by atoms with Crippen molar-refractivity contribution in [2.24, 2.45) is 0 Å². The highest BCUT2D eigenvalue weighted by Crippen LogP contribution is 2.21. The first-order valence-corrected chi connectivity index (χ1v) is 9.83. The highest BCUT2D eigenvalue weighted by atomic mass is 32.2. The number of nitrogens with zero attached hydrogens (tertiary/aromatic N) is 4. The Balaban J connectivity index is 1.63. The molecule has 0 unspecified atom stereocenters. The van der Waals surface area contributed by atoms with Gasteiger partial charge in [-0.15, -0.1) is 0 Å². The fourth-order valence-corrected chi connectivity index (χ4v) is 4.53. The minimum absolute atomic E-state index is 0.0208. The summed E-state index contributed by atoms with van der Waals surface area (Å²) in [5.74, 6) is -3.03. The number of piperazine rings is 1. The second kappa shape index (κ2) is 7.43. The first-order chi connectivity index (χ1) is 13.1. The molecule has 2 aliphatic rings. The number of amides is 4. The first-order valence-electron chi connectivity index (χ1n) is 8.39. The van der Waals surface area contributed by atoms with Gasteiger partial charge in [0.05, 0.1) is 0 Å². The molecule has 3 rings (SSSR count). The zero-order valence-corrected chi connectivity index (χ0v) is 15.8. The summed E-state index contributed by atoms with van der Waals surface area (Å²) in [5, 5.41) is 0. The maximum atomic E-state index is 13.9. The van der Waals surface area contributed by atoms with E-state index in [1.165, 1.54) is 16.8 Å². The second-order valence-corrected chi connectivity index (χ2v) is 8.38. The molecule has 0 aromatic heterocycles. The quantitative estimate of drug-likeness (QED) is 0.628. The number of imide groups is 1. The predicted octanol–water partition coefficient (Wildman–Crippen LogP) is -0.308. The van der Waals surface area contributed by atoms with Gasteiger partial charge in [0, 0.05) is 39.3 Å². The van der Waals surface area contributed by atoms with E-state index in [1.54, 1.807) is 0 Å². The van der Waals surface area contributed by atoms with Crippen LogP contribution in [0.15, 0.2) is 23.1 Å². The summed E-state index contributed by atoms with van der Waals surface area (Å²) in [6.07, 6.45) is 0. The van der Waals surface area contributed by atoms with Crippen LogP contribution >= 0.6 is 0 Å². The number of benzene rings is 1. The normalized spacial score (nSPS) is 18.9. The molecule has 0 aliphatic carbocycles. The molecule has 9 nitrogen and oxygen atoms in total. The summed E-state index contributed by atoms with van der Waals surface area (Å²) in [4.78, 5) is 38.7. The van der Waals surface area contributed by atoms with Crippen molar-refractivity contribution in [2.45, 2.75) is 4.90 Å². The van der Waals surface area contributed by atoms with E-state index in [0.29, 0.717) is 6.07 Å². The molecule has 4 amide bonds. The van der Waals surface area contributed by atoms with Gasteiger partial charge in [0.25, 0.3) is 5.91 Å². The van der Waals surface area contributed by atoms with Gasteiger partial charge >= 0.3 is 6.03 Å². The summed E-state index contributed by atoms with van der Waals surface area (Å²) < 4.78 is 53.0. The number of sulfonamides is 1. The fraction of sp³-hybridized carbons (Fsp3) is 0.438. The Labute approximate surface area is 160 Å². The number of likely N-dealkylation sites (N-methyl/N-ethyl adjacent to an activating group) is 1. The summed E-state index contributed by atoms with van der Waals surface area (Å²) in [6, 6.07) is 1.65. The number of halogens is 2. The van der Waals surface area contributed by atoms with E-state index < -0.39 is 50.9 Å². The zero-order valence-electron chi connectivity index (χ0n) is 15.0. The van der Waals surface area contributed by atoms with Gasteiger partial charge < -0.3 is 9.80 Å². The Bertz CT molecular complexity index is 931. The number of hydrogen-bond donors (Lipinski definition) is 0. The second-order valence-electron chi connectivity index (χ2n) is 6.48. The third-order valence-corrected chi connectivity index (χ3v) is 6.56. The number of carbonyl (C=O) groups is 3. The molecule has 12 heteroatoms. The van der Waals surface area contributed by atoms with Crippen molar-refractivity contribution in [1.82, 2.24) is 19.0 Å². The average Bonchev–Trinajstić information content (AvgIpc) is 2.87. The van der Waals surface area contributed by atoms with Crippen LogP contribution in [0.5, 0.6) is 0 Å². The van der Waals surface area contributed by atoms with Crippen LogP contribution in [-0.2, 0) is 19.6 Å². The molecule has 2 fully saturated rings. The fourth-order valence-electron chi connectivity index (χ4n) is 3.06. The molecule has 28 heavy (non-hydrogen) atoms. The van der Waals surface area contributed by atoms with E-state index in [1.807, 2.05) is 0 Å². The van der Waals surface area contributed by atoms with Crippen molar-refractivity contribution in [2.75, 3.05) is 46.3 Å². The van der Waals surface area contributed by atoms with E-state index >= 15 is 0 Å². The molecule has 0 N–H and O–H groups in total. The molecule has 0 saturated carbocycles. The largest absolute Gasteiger partial charge is 0.338 e. The molecular formula is C16H18F2N4O5S. The standard InChI is InChI=1S/C16H18F2N4O5S/c1-19-9-15(24)22(16(19)25)10-14(23)20-4-6-21(7-5-20)28(26,27)13-3-2-11(17)8-12(13)18/h2-3,8H,4-7,9-10H2,1H3. The topological polar surface area (TPSA) is 98.3 Å². The summed E-state index contributed by atoms with van der Waals surface area (Å²) >= 11 is 0. The Kier molecular flexibility index (Phi) is 5.35. The highest BCUT2D eigenvalue weighted by Gasteiger charge is 2.37. The van der Waals surface area contributed by atoms with Crippen molar-refractivity contribution < 1.29 is 31.6 Å². The lowest BCUT2D eigenvalue weighted by Crippen LogP contribution is -2.53. The Morgan fingerprint density at radius 3 is 2.29 bits per heavy atom. The Hall–Kier alpha value is -2.60. The Morgan fingerprint density at radius 2 is 1.75 bits per heavy atom. The third-order valence-electron chi connectivity index (χ3n) is 4.63. The smallest absolute Gasteiger partial charge is 0.327 e. The Morgan fingerprint density at radius 1 is 1.11 bits per heavy atom. The van der Waals surface area contributed by atoms with Crippen LogP contribution in [0.4, 0.5) is 13.6 Å². The van der Waals surface area contributed by atoms with E-state index in [4.69, 9.17) is 0 Å². The van der Waals surface area contributed by atoms with E-state index in [2.05, 4.69) is 0 Å². The van der Waals surface area contributed by atoms with Gasteiger partial charge in [-0.1, -0.05) is 0 Å². The van der Waals surface area contributed by atoms with Crippen molar-refractivity contribution in [3.8, 4) is 0 Å². The van der Waals surface area contributed by atoms with Crippen LogP contribution in [0.3, 0.4) is 0 Å². The lowest BCUT2D eigenvalue weighted by molar-refractivity contribution is -0.137. The molecular weight excluding hydrogens is 398 g/mol. The van der Waals surface area contributed by atoms with Gasteiger partial charge in [-0.05, 0) is 12.1 Å². The van der Waals surface area contributed by atoms with E-state index in [9.17, 15) is 31.6 Å². The van der Waals surface area contributed by atoms with Crippen LogP contribution in [0, 0.1) is 11.6 Å². The van der Waals surface area contributed by atoms with Gasteiger partial charge in [-0.25, -0.2) is 22.0 Å². The van der Waals surface area contributed by atoms with E-state index in [-0.39, 0.29) is 32.7 Å². The zero-order chi connectivity index (χ0) is 20.6. The highest BCUT2D eigenvalue weighted by molar-refractivity contribution is 7.89. The van der Waals surface area contributed by atoms with Crippen molar-refractivity contribution in [3.05, 3.63) is 29.8 Å². The molecule has 1 aromatic rings. The molecule has 1 aromatic carbocycles. The van der Waals surface area contributed by atoms with Crippen LogP contribution in [-0.4, -0.2) is 91.6 Å². The summed E-state index contributed by atoms with van der Waals surface area (Å²) in [7, 11) is -2.73. The van der Waals surface area contributed by atoms with Gasteiger partial charge in [0.2, 0.25) is 15.9 Å². The molecule has 0 spiro atoms. The van der Waals surface area contributed by atoms with Gasteiger partial charge in [-0.3, -0.25) is 14.5 Å². The maximum Gasteiger partial charge on any atom is 0.327 e. The van der Waals surface area contributed by atoms with Gasteiger partial charge in [0.15, 0.2) is 0 Å². The summed E-state index contributed by atoms with van der Waals surface area (Å²) in [6.45, 7) is -0.651. The molecule has 152 valence electrons. The number of urea groups is 1. The maximum absolute atomic E-state index is 13.9. The van der Waals surface area contributed by atoms with Crippen LogP contribution in [0.25, 0.3) is 0 Å². The van der Waals surface area contributed by atoms with Crippen LogP contribution in [0.2, 0.25) is 0 Å². The van der Waals surface area contributed by atoms with Crippen LogP contribution in [0.1, 0.15) is 0 Å². The number of rotatable bonds is 4. The molecule has 0 radical (unpaired) electrons. The number of carbonyl (C=O) groups excluding carboxylic acids is 3. The van der Waals surface area contributed by atoms with Gasteiger partial charge in [-0.2, -0.15) is 4.31 Å². The average molecular weight is 416 g/mol. The predicted molar refractivity (Wildman–Crippen MR) is 91.4 cm³/mol. The lowest BCUT2D eigenvalue weighted by atomic mass is 10.3. The minimum Gasteiger partial charge on any atom is -0.338 e. The monoisotopic (exact) mass is 416 g/mol. The van der Waals surface area contributed by atoms with E-state index in [0.717, 1.165) is 21.3 Å². The number of hydrogen-bond acceptors (Lipinski definition) is 5. The van der Waals surface area contributed by atoms with Gasteiger partial charge in [0.1, 0.15) is 29.6 Å². The molecule has 2 aliphatic heterocycles. The third kappa shape index (κ3) is 3.69. The SMILES string of the molecule is CN1CC(=O)N(CC(=O)N2CCN(S(=O)(=O)c3ccc(F)cc3F)CC2)C1=O. The first kappa shape index (κ1) is 20.1. The summed E-state index contributed by atoms with van der Waals surface area (Å²) in [5.41, 5.74) is 0. The molecule has 0 bridgehead atoms. The lowest BCUT2D eigenvalue weighted by Gasteiger charge is -2.34.